The third kappa shape index (κ3) is 5.92. The number of hydrogen-bond acceptors (Lipinski definition) is 6. The van der Waals surface area contributed by atoms with Crippen molar-refractivity contribution in [3.8, 4) is 0 Å². The van der Waals surface area contributed by atoms with E-state index < -0.39 is 0 Å². The molecule has 3 heterocycles. The number of fused-ring (bicyclic) bond motifs is 1. The topological polar surface area (TPSA) is 57.7 Å². The van der Waals surface area contributed by atoms with Crippen molar-refractivity contribution < 1.29 is 9.53 Å². The van der Waals surface area contributed by atoms with Gasteiger partial charge in [-0.1, -0.05) is 0 Å². The van der Waals surface area contributed by atoms with Crippen molar-refractivity contribution in [2.24, 2.45) is 11.8 Å². The lowest BCUT2D eigenvalue weighted by atomic mass is 9.84. The highest BCUT2D eigenvalue weighted by atomic mass is 32.1. The summed E-state index contributed by atoms with van der Waals surface area (Å²) >= 11 is 1.80. The van der Waals surface area contributed by atoms with Gasteiger partial charge in [0, 0.05) is 62.0 Å². The first-order valence-corrected chi connectivity index (χ1v) is 14.2. The van der Waals surface area contributed by atoms with E-state index >= 15 is 0 Å². The number of methoxy groups -OCH3 is 1. The van der Waals surface area contributed by atoms with E-state index in [4.69, 9.17) is 4.74 Å². The van der Waals surface area contributed by atoms with Gasteiger partial charge in [-0.2, -0.15) is 0 Å². The fraction of sp³-hybridized carbons (Fsp3) is 0.704. The van der Waals surface area contributed by atoms with Crippen LogP contribution in [0.5, 0.6) is 0 Å². The molecule has 1 amide bonds. The Bertz CT molecular complexity index is 934. The van der Waals surface area contributed by atoms with Crippen molar-refractivity contribution in [3.05, 3.63) is 23.7 Å². The van der Waals surface area contributed by atoms with Crippen LogP contribution < -0.4 is 10.2 Å². The first-order valence-electron chi connectivity index (χ1n) is 13.3. The summed E-state index contributed by atoms with van der Waals surface area (Å²) in [5.41, 5.74) is 0. The maximum atomic E-state index is 12.5. The summed E-state index contributed by atoms with van der Waals surface area (Å²) in [6.45, 7) is 5.57. The Hall–Kier alpha value is -1.70. The molecule has 2 saturated carbocycles. The Morgan fingerprint density at radius 2 is 1.88 bits per heavy atom. The van der Waals surface area contributed by atoms with E-state index in [0.29, 0.717) is 24.5 Å². The molecular formula is C27H40N4O2S. The fourth-order valence-corrected chi connectivity index (χ4v) is 7.03. The van der Waals surface area contributed by atoms with E-state index in [-0.39, 0.29) is 5.91 Å². The van der Waals surface area contributed by atoms with Crippen LogP contribution >= 0.6 is 11.3 Å². The molecule has 2 aromatic heterocycles. The zero-order chi connectivity index (χ0) is 23.3. The highest BCUT2D eigenvalue weighted by Crippen LogP contribution is 2.32. The van der Waals surface area contributed by atoms with Gasteiger partial charge in [0.05, 0.1) is 6.10 Å². The quantitative estimate of drug-likeness (QED) is 0.589. The molecule has 0 radical (unpaired) electrons. The molecule has 2 aromatic rings. The normalized spacial score (nSPS) is 28.4. The van der Waals surface area contributed by atoms with Gasteiger partial charge in [-0.3, -0.25) is 9.69 Å². The molecule has 0 bridgehead atoms. The first kappa shape index (κ1) is 24.0. The van der Waals surface area contributed by atoms with Gasteiger partial charge in [0.25, 0.3) is 0 Å². The van der Waals surface area contributed by atoms with Crippen LogP contribution in [-0.4, -0.2) is 67.8 Å². The summed E-state index contributed by atoms with van der Waals surface area (Å²) in [6, 6.07) is 4.71. The molecular weight excluding hydrogens is 444 g/mol. The Balaban J connectivity index is 0.981. The predicted octanol–water partition coefficient (Wildman–Crippen LogP) is 4.69. The van der Waals surface area contributed by atoms with Crippen molar-refractivity contribution >= 4 is 33.1 Å². The lowest BCUT2D eigenvalue weighted by Crippen LogP contribution is -2.47. The first-order chi connectivity index (χ1) is 16.7. The highest BCUT2D eigenvalue weighted by Gasteiger charge is 2.28. The van der Waals surface area contributed by atoms with Gasteiger partial charge >= 0.3 is 0 Å². The number of nitrogens with zero attached hydrogens (tertiary/aromatic N) is 3. The molecule has 34 heavy (non-hydrogen) atoms. The van der Waals surface area contributed by atoms with E-state index in [1.54, 1.807) is 18.4 Å². The monoisotopic (exact) mass is 484 g/mol. The average Bonchev–Trinajstić information content (AvgIpc) is 3.53. The molecule has 1 aliphatic heterocycles. The van der Waals surface area contributed by atoms with Gasteiger partial charge in [-0.15, -0.1) is 11.3 Å². The lowest BCUT2D eigenvalue weighted by molar-refractivity contribution is -0.123. The number of pyridine rings is 1. The van der Waals surface area contributed by atoms with E-state index in [1.165, 1.54) is 35.9 Å². The van der Waals surface area contributed by atoms with E-state index in [1.807, 2.05) is 6.20 Å². The highest BCUT2D eigenvalue weighted by molar-refractivity contribution is 7.17. The molecule has 2 atom stereocenters. The van der Waals surface area contributed by atoms with Gasteiger partial charge in [0.15, 0.2) is 0 Å². The summed E-state index contributed by atoms with van der Waals surface area (Å²) in [4.78, 5) is 22.3. The second-order valence-electron chi connectivity index (χ2n) is 10.6. The molecule has 6 nitrogen and oxygen atoms in total. The summed E-state index contributed by atoms with van der Waals surface area (Å²) in [6.07, 6.45) is 12.4. The van der Waals surface area contributed by atoms with Crippen molar-refractivity contribution in [3.63, 3.8) is 0 Å². The predicted molar refractivity (Wildman–Crippen MR) is 140 cm³/mol. The summed E-state index contributed by atoms with van der Waals surface area (Å²) in [5, 5.41) is 6.80. The molecule has 0 unspecified atom stereocenters. The van der Waals surface area contributed by atoms with Gasteiger partial charge in [-0.25, -0.2) is 4.98 Å². The molecule has 3 fully saturated rings. The average molecular weight is 485 g/mol. The molecule has 186 valence electrons. The van der Waals surface area contributed by atoms with Crippen molar-refractivity contribution in [1.82, 2.24) is 15.2 Å². The zero-order valence-corrected chi connectivity index (χ0v) is 21.4. The number of amides is 1. The number of thiophene rings is 1. The van der Waals surface area contributed by atoms with E-state index in [2.05, 4.69) is 37.6 Å². The smallest absolute Gasteiger partial charge is 0.220 e. The van der Waals surface area contributed by atoms with Gasteiger partial charge in [0.1, 0.15) is 5.82 Å². The summed E-state index contributed by atoms with van der Waals surface area (Å²) in [5.74, 6) is 2.74. The molecule has 3 aliphatic rings. The number of hydrogen-bond donors (Lipinski definition) is 1. The maximum Gasteiger partial charge on any atom is 0.220 e. The largest absolute Gasteiger partial charge is 0.381 e. The minimum Gasteiger partial charge on any atom is -0.381 e. The van der Waals surface area contributed by atoms with Crippen LogP contribution in [0.25, 0.3) is 10.1 Å². The standard InChI is InChI=1S/C27H40N4O2S/c1-33-23-7-4-21(18-23)19-26(32)29-22-5-2-20(3-6-22)9-12-30-13-15-31(16-14-30)27-24-10-17-34-25(24)8-11-28-27/h8,10-11,17,20-23H,2-7,9,12-16,18-19H2,1H3,(H,29,32)/t20-,21-,22-,23-/m0/s1. The number of anilines is 1. The second-order valence-corrected chi connectivity index (χ2v) is 11.6. The van der Waals surface area contributed by atoms with E-state index in [0.717, 1.165) is 70.0 Å². The van der Waals surface area contributed by atoms with Gasteiger partial charge < -0.3 is 15.0 Å². The van der Waals surface area contributed by atoms with Crippen LogP contribution in [-0.2, 0) is 9.53 Å². The molecule has 1 saturated heterocycles. The maximum absolute atomic E-state index is 12.5. The van der Waals surface area contributed by atoms with Crippen LogP contribution in [0.2, 0.25) is 0 Å². The van der Waals surface area contributed by atoms with Crippen molar-refractivity contribution in [2.45, 2.75) is 69.9 Å². The zero-order valence-electron chi connectivity index (χ0n) is 20.6. The second kappa shape index (κ2) is 11.4. The minimum absolute atomic E-state index is 0.260. The summed E-state index contributed by atoms with van der Waals surface area (Å²) in [7, 11) is 1.79. The van der Waals surface area contributed by atoms with Crippen molar-refractivity contribution in [2.75, 3.05) is 44.7 Å². The molecule has 0 aromatic carbocycles. The number of nitrogens with one attached hydrogen (secondary N) is 1. The third-order valence-electron chi connectivity index (χ3n) is 8.40. The third-order valence-corrected chi connectivity index (χ3v) is 9.28. The summed E-state index contributed by atoms with van der Waals surface area (Å²) < 4.78 is 6.78. The Labute approximate surface area is 208 Å². The Morgan fingerprint density at radius 3 is 2.65 bits per heavy atom. The van der Waals surface area contributed by atoms with Gasteiger partial charge in [-0.05, 0) is 87.3 Å². The number of piperazine rings is 1. The molecule has 1 N–H and O–H groups in total. The SMILES string of the molecule is CO[C@H]1CC[C@H](CC(=O)N[C@H]2CC[C@H](CCN3CCN(c4nccc5sccc45)CC3)CC2)C1. The number of carbonyl (C=O) groups is 1. The number of ether oxygens (including phenoxy) is 1. The number of carbonyl (C=O) groups excluding carboxylic acids is 1. The molecule has 0 spiro atoms. The van der Waals surface area contributed by atoms with E-state index in [9.17, 15) is 4.79 Å². The molecule has 5 rings (SSSR count). The van der Waals surface area contributed by atoms with Crippen LogP contribution in [0.1, 0.15) is 57.8 Å². The molecule has 7 heteroatoms. The molecule has 2 aliphatic carbocycles. The Morgan fingerprint density at radius 1 is 1.09 bits per heavy atom. The van der Waals surface area contributed by atoms with Crippen LogP contribution in [0, 0.1) is 11.8 Å². The van der Waals surface area contributed by atoms with Crippen LogP contribution in [0.4, 0.5) is 5.82 Å². The van der Waals surface area contributed by atoms with Crippen LogP contribution in [0.3, 0.4) is 0 Å². The van der Waals surface area contributed by atoms with Gasteiger partial charge in [0.2, 0.25) is 5.91 Å². The lowest BCUT2D eigenvalue weighted by Gasteiger charge is -2.37. The Kier molecular flexibility index (Phi) is 8.02. The van der Waals surface area contributed by atoms with Crippen molar-refractivity contribution in [1.29, 1.82) is 0 Å². The number of aromatic nitrogens is 1. The fourth-order valence-electron chi connectivity index (χ4n) is 6.25. The van der Waals surface area contributed by atoms with Crippen LogP contribution in [0.15, 0.2) is 23.7 Å². The number of rotatable bonds is 8. The minimum atomic E-state index is 0.260.